The van der Waals surface area contributed by atoms with Crippen LogP contribution in [0.5, 0.6) is 0 Å². The maximum atomic E-state index is 12.2. The van der Waals surface area contributed by atoms with Gasteiger partial charge in [0.15, 0.2) is 5.82 Å². The van der Waals surface area contributed by atoms with Crippen molar-refractivity contribution in [3.05, 3.63) is 73.4 Å². The van der Waals surface area contributed by atoms with Gasteiger partial charge in [0.2, 0.25) is 0 Å². The molecule has 1 unspecified atom stereocenters. The Bertz CT molecular complexity index is 935. The van der Waals surface area contributed by atoms with Crippen LogP contribution >= 0.6 is 34.5 Å². The quantitative estimate of drug-likeness (QED) is 0.645. The number of nitrogens with one attached hydrogen (secondary N) is 2. The molecule has 7 heteroatoms. The number of quaternary nitrogens is 1. The Morgan fingerprint density at radius 1 is 1.25 bits per heavy atom. The second-order valence-electron chi connectivity index (χ2n) is 5.48. The summed E-state index contributed by atoms with van der Waals surface area (Å²) in [7, 11) is 0. The smallest absolute Gasteiger partial charge is 0.258 e. The highest BCUT2D eigenvalue weighted by atomic mass is 35.5. The number of hydrogen-bond donors (Lipinski definition) is 2. The van der Waals surface area contributed by atoms with Crippen molar-refractivity contribution in [2.24, 2.45) is 0 Å². The summed E-state index contributed by atoms with van der Waals surface area (Å²) < 4.78 is 0.773. The number of hydrogen-bond acceptors (Lipinski definition) is 3. The lowest BCUT2D eigenvalue weighted by atomic mass is 10.2. The Morgan fingerprint density at radius 3 is 2.79 bits per heavy atom. The number of nitrogens with zero attached hydrogens (tertiary/aromatic N) is 1. The Balaban J connectivity index is 1.87. The van der Waals surface area contributed by atoms with Gasteiger partial charge in [-0.1, -0.05) is 29.8 Å². The van der Waals surface area contributed by atoms with Crippen molar-refractivity contribution in [2.45, 2.75) is 13.1 Å². The fourth-order valence-corrected chi connectivity index (χ4v) is 3.91. The topological polar surface area (TPSA) is 50.2 Å². The molecule has 2 N–H and O–H groups in total. The van der Waals surface area contributed by atoms with Gasteiger partial charge >= 0.3 is 0 Å². The first-order valence-corrected chi connectivity index (χ1v) is 8.99. The summed E-state index contributed by atoms with van der Waals surface area (Å²) in [5.41, 5.74) is 0.460. The number of benzene rings is 1. The maximum absolute atomic E-state index is 12.2. The summed E-state index contributed by atoms with van der Waals surface area (Å²) in [5, 5.41) is 1.11. The van der Waals surface area contributed by atoms with E-state index in [4.69, 9.17) is 23.2 Å². The van der Waals surface area contributed by atoms with E-state index in [1.807, 2.05) is 18.2 Å². The molecule has 1 atom stereocenters. The molecule has 3 aromatic rings. The average Bonchev–Trinajstić information content (AvgIpc) is 2.92. The van der Waals surface area contributed by atoms with Crippen LogP contribution in [0.25, 0.3) is 10.9 Å². The summed E-state index contributed by atoms with van der Waals surface area (Å²) >= 11 is 13.6. The van der Waals surface area contributed by atoms with E-state index in [1.54, 1.807) is 29.5 Å². The van der Waals surface area contributed by atoms with Gasteiger partial charge in [0.25, 0.3) is 5.56 Å². The summed E-state index contributed by atoms with van der Waals surface area (Å²) in [5.74, 6) is 0.634. The monoisotopic (exact) mass is 380 g/mol. The van der Waals surface area contributed by atoms with Gasteiger partial charge in [0, 0.05) is 5.02 Å². The molecular formula is C17H16Cl2N3OS+. The summed E-state index contributed by atoms with van der Waals surface area (Å²) in [4.78, 5) is 22.0. The molecule has 4 nitrogen and oxygen atoms in total. The molecule has 1 aromatic carbocycles. The van der Waals surface area contributed by atoms with E-state index < -0.39 is 0 Å². The van der Waals surface area contributed by atoms with Gasteiger partial charge in [0.1, 0.15) is 13.1 Å². The van der Waals surface area contributed by atoms with Crippen LogP contribution in [0.3, 0.4) is 0 Å². The number of H-pyrrole nitrogens is 1. The van der Waals surface area contributed by atoms with Crippen LogP contribution in [0.2, 0.25) is 9.36 Å². The molecule has 2 aromatic heterocycles. The zero-order valence-electron chi connectivity index (χ0n) is 12.8. The third-order valence-electron chi connectivity index (χ3n) is 3.62. The van der Waals surface area contributed by atoms with Crippen molar-refractivity contribution < 1.29 is 4.90 Å². The van der Waals surface area contributed by atoms with Crippen LogP contribution in [0.15, 0.2) is 47.8 Å². The van der Waals surface area contributed by atoms with Gasteiger partial charge in [0.05, 0.1) is 26.7 Å². The highest BCUT2D eigenvalue weighted by molar-refractivity contribution is 7.16. The van der Waals surface area contributed by atoms with E-state index >= 15 is 0 Å². The molecule has 0 bridgehead atoms. The third-order valence-corrected chi connectivity index (χ3v) is 5.09. The van der Waals surface area contributed by atoms with Gasteiger partial charge in [-0.05, 0) is 36.4 Å². The van der Waals surface area contributed by atoms with Gasteiger partial charge in [-0.15, -0.1) is 11.3 Å². The average molecular weight is 381 g/mol. The molecule has 0 saturated heterocycles. The van der Waals surface area contributed by atoms with Crippen molar-refractivity contribution in [3.8, 4) is 0 Å². The summed E-state index contributed by atoms with van der Waals surface area (Å²) in [6, 6.07) is 9.01. The second-order valence-corrected chi connectivity index (χ2v) is 7.71. The fraction of sp³-hybridized carbons (Fsp3) is 0.176. The van der Waals surface area contributed by atoms with Crippen molar-refractivity contribution in [3.63, 3.8) is 0 Å². The normalized spacial score (nSPS) is 12.4. The van der Waals surface area contributed by atoms with E-state index in [0.717, 1.165) is 17.4 Å². The van der Waals surface area contributed by atoms with E-state index in [1.165, 1.54) is 9.78 Å². The van der Waals surface area contributed by atoms with Gasteiger partial charge in [-0.25, -0.2) is 4.98 Å². The molecule has 0 radical (unpaired) electrons. The molecule has 0 aliphatic carbocycles. The van der Waals surface area contributed by atoms with Crippen LogP contribution < -0.4 is 10.5 Å². The minimum Gasteiger partial charge on any atom is -0.321 e. The number of rotatable bonds is 6. The minimum absolute atomic E-state index is 0.149. The number of halogens is 2. The Hall–Kier alpha value is -1.66. The fourth-order valence-electron chi connectivity index (χ4n) is 2.59. The van der Waals surface area contributed by atoms with Crippen LogP contribution in [0.1, 0.15) is 10.7 Å². The Kier molecular flexibility index (Phi) is 5.36. The zero-order valence-corrected chi connectivity index (χ0v) is 15.1. The van der Waals surface area contributed by atoms with Gasteiger partial charge < -0.3 is 9.88 Å². The van der Waals surface area contributed by atoms with Crippen LogP contribution in [-0.4, -0.2) is 16.5 Å². The molecule has 0 fully saturated rings. The highest BCUT2D eigenvalue weighted by Crippen LogP contribution is 2.20. The van der Waals surface area contributed by atoms with E-state index in [2.05, 4.69) is 16.5 Å². The molecule has 0 spiro atoms. The molecule has 2 heterocycles. The first-order valence-electron chi connectivity index (χ1n) is 7.42. The SMILES string of the molecule is C=CC[NH+](Cc1nc2cc(Cl)ccc2c(=O)[nH]1)Cc1ccc(Cl)s1. The standard InChI is InChI=1S/C17H15Cl2N3OS/c1-2-7-22(9-12-4-6-15(19)24-12)10-16-20-14-8-11(18)3-5-13(14)17(23)21-16/h2-6,8H,1,7,9-10H2,(H,20,21,23)/p+1. The second kappa shape index (κ2) is 7.49. The molecule has 0 amide bonds. The van der Waals surface area contributed by atoms with E-state index in [0.29, 0.717) is 28.3 Å². The van der Waals surface area contributed by atoms with Crippen LogP contribution in [0, 0.1) is 0 Å². The van der Waals surface area contributed by atoms with Crippen molar-refractivity contribution in [2.75, 3.05) is 6.54 Å². The lowest BCUT2D eigenvalue weighted by Crippen LogP contribution is -3.09. The van der Waals surface area contributed by atoms with Gasteiger partial charge in [-0.2, -0.15) is 0 Å². The molecule has 0 saturated carbocycles. The van der Waals surface area contributed by atoms with Crippen molar-refractivity contribution in [1.29, 1.82) is 0 Å². The molecule has 24 heavy (non-hydrogen) atoms. The molecule has 0 aliphatic rings. The Labute approximate surface area is 153 Å². The summed E-state index contributed by atoms with van der Waals surface area (Å²) in [6.45, 7) is 5.95. The number of fused-ring (bicyclic) bond motifs is 1. The lowest BCUT2D eigenvalue weighted by Gasteiger charge is -2.16. The van der Waals surface area contributed by atoms with Crippen LogP contribution in [-0.2, 0) is 13.1 Å². The molecular weight excluding hydrogens is 365 g/mol. The van der Waals surface area contributed by atoms with Crippen molar-refractivity contribution in [1.82, 2.24) is 9.97 Å². The largest absolute Gasteiger partial charge is 0.321 e. The lowest BCUT2D eigenvalue weighted by molar-refractivity contribution is -0.922. The maximum Gasteiger partial charge on any atom is 0.258 e. The number of aromatic nitrogens is 2. The van der Waals surface area contributed by atoms with E-state index in [-0.39, 0.29) is 5.56 Å². The third kappa shape index (κ3) is 4.05. The zero-order chi connectivity index (χ0) is 17.1. The first kappa shape index (κ1) is 17.2. The first-order chi connectivity index (χ1) is 11.5. The molecule has 3 rings (SSSR count). The minimum atomic E-state index is -0.149. The predicted molar refractivity (Wildman–Crippen MR) is 100 cm³/mol. The Morgan fingerprint density at radius 2 is 2.08 bits per heavy atom. The highest BCUT2D eigenvalue weighted by Gasteiger charge is 2.14. The number of aromatic amines is 1. The van der Waals surface area contributed by atoms with Crippen molar-refractivity contribution >= 4 is 45.4 Å². The number of thiophene rings is 1. The van der Waals surface area contributed by atoms with E-state index in [9.17, 15) is 4.79 Å². The van der Waals surface area contributed by atoms with Crippen LogP contribution in [0.4, 0.5) is 0 Å². The van der Waals surface area contributed by atoms with Gasteiger partial charge in [-0.3, -0.25) is 4.79 Å². The summed E-state index contributed by atoms with van der Waals surface area (Å²) in [6.07, 6.45) is 1.86. The molecule has 0 aliphatic heterocycles. The molecule has 124 valence electrons. The predicted octanol–water partition coefficient (Wildman–Crippen LogP) is 3.06.